The number of para-hydroxylation sites is 2. The fraction of sp³-hybridized carbons (Fsp3) is 0.467. The summed E-state index contributed by atoms with van der Waals surface area (Å²) < 4.78 is 0. The van der Waals surface area contributed by atoms with Gasteiger partial charge in [-0.05, 0) is 25.0 Å². The Hall–Kier alpha value is -1.68. The lowest BCUT2D eigenvalue weighted by Crippen LogP contribution is -2.47. The highest BCUT2D eigenvalue weighted by Crippen LogP contribution is 2.28. The maximum Gasteiger partial charge on any atom is 0.147 e. The van der Waals surface area contributed by atoms with E-state index in [1.807, 2.05) is 30.5 Å². The molecule has 19 heavy (non-hydrogen) atoms. The third-order valence-electron chi connectivity index (χ3n) is 4.14. The Morgan fingerprint density at radius 2 is 1.68 bits per heavy atom. The first kappa shape index (κ1) is 11.2. The molecule has 2 fully saturated rings. The van der Waals surface area contributed by atoms with E-state index in [-0.39, 0.29) is 0 Å². The highest BCUT2D eigenvalue weighted by atomic mass is 15.3. The molecule has 2 heterocycles. The molecule has 1 aliphatic heterocycles. The third kappa shape index (κ3) is 2.16. The number of piperazine rings is 1. The number of aromatic nitrogens is 2. The molecule has 98 valence electrons. The first-order valence-electron chi connectivity index (χ1n) is 7.11. The highest BCUT2D eigenvalue weighted by Gasteiger charge is 2.31. The lowest BCUT2D eigenvalue weighted by molar-refractivity contribution is 0.247. The van der Waals surface area contributed by atoms with Gasteiger partial charge >= 0.3 is 0 Å². The van der Waals surface area contributed by atoms with Gasteiger partial charge in [-0.25, -0.2) is 4.98 Å². The average molecular weight is 254 g/mol. The third-order valence-corrected chi connectivity index (χ3v) is 4.14. The molecule has 2 aliphatic rings. The number of fused-ring (bicyclic) bond motifs is 1. The summed E-state index contributed by atoms with van der Waals surface area (Å²) in [5, 5.41) is 0. The molecule has 1 saturated carbocycles. The summed E-state index contributed by atoms with van der Waals surface area (Å²) in [7, 11) is 0. The molecule has 0 amide bonds. The Bertz CT molecular complexity index is 585. The number of rotatable bonds is 2. The molecule has 1 saturated heterocycles. The summed E-state index contributed by atoms with van der Waals surface area (Å²) in [6.45, 7) is 4.48. The van der Waals surface area contributed by atoms with Crippen LogP contribution in [0.5, 0.6) is 0 Å². The van der Waals surface area contributed by atoms with Crippen molar-refractivity contribution in [1.82, 2.24) is 14.9 Å². The maximum absolute atomic E-state index is 4.73. The van der Waals surface area contributed by atoms with Gasteiger partial charge in [-0.1, -0.05) is 12.1 Å². The van der Waals surface area contributed by atoms with Crippen molar-refractivity contribution in [2.24, 2.45) is 0 Å². The van der Waals surface area contributed by atoms with Gasteiger partial charge in [0.1, 0.15) is 5.82 Å². The molecule has 0 unspecified atom stereocenters. The van der Waals surface area contributed by atoms with Crippen LogP contribution in [0, 0.1) is 0 Å². The molecule has 4 rings (SSSR count). The van der Waals surface area contributed by atoms with Crippen LogP contribution in [0.1, 0.15) is 12.8 Å². The SMILES string of the molecule is c1ccc2nc(N3CCN(C4CC4)CC3)cnc2c1. The van der Waals surface area contributed by atoms with E-state index >= 15 is 0 Å². The predicted molar refractivity (Wildman–Crippen MR) is 76.3 cm³/mol. The van der Waals surface area contributed by atoms with Crippen molar-refractivity contribution in [2.45, 2.75) is 18.9 Å². The van der Waals surface area contributed by atoms with Crippen molar-refractivity contribution < 1.29 is 0 Å². The molecular formula is C15H18N4. The normalized spacial score (nSPS) is 20.9. The summed E-state index contributed by atoms with van der Waals surface area (Å²) >= 11 is 0. The van der Waals surface area contributed by atoms with Crippen LogP contribution in [0.25, 0.3) is 11.0 Å². The van der Waals surface area contributed by atoms with E-state index in [4.69, 9.17) is 4.98 Å². The molecule has 4 nitrogen and oxygen atoms in total. The number of nitrogens with zero attached hydrogens (tertiary/aromatic N) is 4. The van der Waals surface area contributed by atoms with Crippen LogP contribution >= 0.6 is 0 Å². The summed E-state index contributed by atoms with van der Waals surface area (Å²) in [5.41, 5.74) is 1.97. The zero-order chi connectivity index (χ0) is 12.7. The van der Waals surface area contributed by atoms with Gasteiger partial charge in [-0.15, -0.1) is 0 Å². The standard InChI is InChI=1S/C15H18N4/c1-2-4-14-13(3-1)16-11-15(17-14)19-9-7-18(8-10-19)12-5-6-12/h1-4,11-12H,5-10H2. The molecule has 1 aromatic carbocycles. The molecule has 0 N–H and O–H groups in total. The Kier molecular flexibility index (Phi) is 2.62. The predicted octanol–water partition coefficient (Wildman–Crippen LogP) is 1.91. The van der Waals surface area contributed by atoms with Crippen LogP contribution in [0.15, 0.2) is 30.5 Å². The van der Waals surface area contributed by atoms with E-state index in [0.717, 1.165) is 36.0 Å². The minimum Gasteiger partial charge on any atom is -0.353 e. The second-order valence-electron chi connectivity index (χ2n) is 5.47. The van der Waals surface area contributed by atoms with E-state index in [1.165, 1.54) is 25.9 Å². The lowest BCUT2D eigenvalue weighted by Gasteiger charge is -2.35. The highest BCUT2D eigenvalue weighted by molar-refractivity contribution is 5.75. The summed E-state index contributed by atoms with van der Waals surface area (Å²) in [4.78, 5) is 14.2. The van der Waals surface area contributed by atoms with Crippen LogP contribution in [0.3, 0.4) is 0 Å². The van der Waals surface area contributed by atoms with E-state index < -0.39 is 0 Å². The number of anilines is 1. The molecule has 4 heteroatoms. The molecule has 0 bridgehead atoms. The maximum atomic E-state index is 4.73. The average Bonchev–Trinajstić information content (AvgIpc) is 3.32. The van der Waals surface area contributed by atoms with Gasteiger partial charge < -0.3 is 4.90 Å². The number of benzene rings is 1. The second-order valence-corrected chi connectivity index (χ2v) is 5.47. The van der Waals surface area contributed by atoms with Crippen LogP contribution in [0.2, 0.25) is 0 Å². The Morgan fingerprint density at radius 3 is 2.42 bits per heavy atom. The van der Waals surface area contributed by atoms with E-state index in [9.17, 15) is 0 Å². The molecule has 2 aromatic rings. The Morgan fingerprint density at radius 1 is 0.947 bits per heavy atom. The van der Waals surface area contributed by atoms with Gasteiger partial charge in [-0.3, -0.25) is 9.88 Å². The first-order chi connectivity index (χ1) is 9.40. The second kappa shape index (κ2) is 4.46. The smallest absolute Gasteiger partial charge is 0.147 e. The van der Waals surface area contributed by atoms with Crippen molar-refractivity contribution >= 4 is 16.9 Å². The summed E-state index contributed by atoms with van der Waals surface area (Å²) in [5.74, 6) is 1.02. The molecule has 0 spiro atoms. The fourth-order valence-electron chi connectivity index (χ4n) is 2.86. The van der Waals surface area contributed by atoms with E-state index in [1.54, 1.807) is 0 Å². The van der Waals surface area contributed by atoms with Crippen LogP contribution < -0.4 is 4.90 Å². The quantitative estimate of drug-likeness (QED) is 0.819. The van der Waals surface area contributed by atoms with Gasteiger partial charge in [0.05, 0.1) is 17.2 Å². The molecule has 1 aliphatic carbocycles. The number of hydrogen-bond acceptors (Lipinski definition) is 4. The van der Waals surface area contributed by atoms with Crippen LogP contribution in [-0.4, -0.2) is 47.1 Å². The molecular weight excluding hydrogens is 236 g/mol. The van der Waals surface area contributed by atoms with Gasteiger partial charge in [0.2, 0.25) is 0 Å². The zero-order valence-electron chi connectivity index (χ0n) is 11.0. The Balaban J connectivity index is 1.54. The van der Waals surface area contributed by atoms with Crippen molar-refractivity contribution in [3.63, 3.8) is 0 Å². The minimum atomic E-state index is 0.879. The zero-order valence-corrected chi connectivity index (χ0v) is 11.0. The Labute approximate surface area is 113 Å². The van der Waals surface area contributed by atoms with Gasteiger partial charge in [0.25, 0.3) is 0 Å². The topological polar surface area (TPSA) is 32.3 Å². The van der Waals surface area contributed by atoms with Crippen molar-refractivity contribution in [3.8, 4) is 0 Å². The fourth-order valence-corrected chi connectivity index (χ4v) is 2.86. The van der Waals surface area contributed by atoms with Gasteiger partial charge in [0.15, 0.2) is 0 Å². The van der Waals surface area contributed by atoms with Gasteiger partial charge in [0, 0.05) is 32.2 Å². The van der Waals surface area contributed by atoms with Gasteiger partial charge in [-0.2, -0.15) is 0 Å². The summed E-state index contributed by atoms with van der Waals surface area (Å²) in [6, 6.07) is 8.95. The van der Waals surface area contributed by atoms with Crippen LogP contribution in [0.4, 0.5) is 5.82 Å². The van der Waals surface area contributed by atoms with E-state index in [2.05, 4.69) is 14.8 Å². The summed E-state index contributed by atoms with van der Waals surface area (Å²) in [6.07, 6.45) is 4.71. The molecule has 1 aromatic heterocycles. The number of hydrogen-bond donors (Lipinski definition) is 0. The van der Waals surface area contributed by atoms with Crippen molar-refractivity contribution in [2.75, 3.05) is 31.1 Å². The van der Waals surface area contributed by atoms with Crippen molar-refractivity contribution in [1.29, 1.82) is 0 Å². The monoisotopic (exact) mass is 254 g/mol. The minimum absolute atomic E-state index is 0.879. The lowest BCUT2D eigenvalue weighted by atomic mass is 10.3. The largest absolute Gasteiger partial charge is 0.353 e. The molecule has 0 radical (unpaired) electrons. The molecule has 0 atom stereocenters. The van der Waals surface area contributed by atoms with Crippen molar-refractivity contribution in [3.05, 3.63) is 30.5 Å². The van der Waals surface area contributed by atoms with Crippen LogP contribution in [-0.2, 0) is 0 Å². The van der Waals surface area contributed by atoms with E-state index in [0.29, 0.717) is 0 Å². The first-order valence-corrected chi connectivity index (χ1v) is 7.11.